The zero-order valence-corrected chi connectivity index (χ0v) is 8.80. The fraction of sp³-hybridized carbons (Fsp3) is 0.222. The summed E-state index contributed by atoms with van der Waals surface area (Å²) >= 11 is 2.79. The molecule has 1 aromatic carbocycles. The largest absolute Gasteiger partial charge is 0.497 e. The van der Waals surface area contributed by atoms with E-state index in [1.54, 1.807) is 7.11 Å². The van der Waals surface area contributed by atoms with Gasteiger partial charge in [-0.25, -0.2) is 0 Å². The average Bonchev–Trinajstić information content (AvgIpc) is 2.15. The standard InChI is InChI=1S/C9H10BrNO2/c1-13-8-4-2-7(3-5-8)6-11-9(10)12/h2-5H,6H2,1H3,(H,11,12). The first-order valence-corrected chi connectivity index (χ1v) is 4.58. The molecule has 0 bridgehead atoms. The van der Waals surface area contributed by atoms with Crippen molar-refractivity contribution in [3.63, 3.8) is 0 Å². The number of methoxy groups -OCH3 is 1. The molecule has 1 rings (SSSR count). The minimum Gasteiger partial charge on any atom is -0.497 e. The van der Waals surface area contributed by atoms with Crippen molar-refractivity contribution < 1.29 is 9.53 Å². The predicted octanol–water partition coefficient (Wildman–Crippen LogP) is 2.30. The van der Waals surface area contributed by atoms with Crippen LogP contribution in [0.15, 0.2) is 24.3 Å². The smallest absolute Gasteiger partial charge is 0.287 e. The van der Waals surface area contributed by atoms with E-state index in [2.05, 4.69) is 21.2 Å². The van der Waals surface area contributed by atoms with Crippen LogP contribution in [-0.4, -0.2) is 11.9 Å². The number of amides is 1. The lowest BCUT2D eigenvalue weighted by Crippen LogP contribution is -2.14. The van der Waals surface area contributed by atoms with Crippen LogP contribution in [-0.2, 0) is 6.54 Å². The van der Waals surface area contributed by atoms with E-state index in [9.17, 15) is 4.79 Å². The first kappa shape index (κ1) is 10.1. The Labute approximate surface area is 85.2 Å². The summed E-state index contributed by atoms with van der Waals surface area (Å²) in [6.45, 7) is 0.522. The highest BCUT2D eigenvalue weighted by Gasteiger charge is 1.95. The number of nitrogens with one attached hydrogen (secondary N) is 1. The Morgan fingerprint density at radius 3 is 2.54 bits per heavy atom. The summed E-state index contributed by atoms with van der Waals surface area (Å²) in [5, 5.41) is 2.64. The van der Waals surface area contributed by atoms with E-state index in [4.69, 9.17) is 4.74 Å². The quantitative estimate of drug-likeness (QED) is 0.654. The molecular formula is C9H10BrNO2. The van der Waals surface area contributed by atoms with Crippen LogP contribution in [0.2, 0.25) is 0 Å². The molecule has 0 spiro atoms. The lowest BCUT2D eigenvalue weighted by Gasteiger charge is -2.02. The van der Waals surface area contributed by atoms with Gasteiger partial charge in [0.2, 0.25) is 0 Å². The molecule has 0 aliphatic rings. The minimum absolute atomic E-state index is 0.205. The summed E-state index contributed by atoms with van der Waals surface area (Å²) in [5.74, 6) is 0.814. The fourth-order valence-electron chi connectivity index (χ4n) is 0.915. The van der Waals surface area contributed by atoms with Crippen molar-refractivity contribution in [3.8, 4) is 5.75 Å². The molecule has 0 heterocycles. The van der Waals surface area contributed by atoms with E-state index in [1.165, 1.54) is 0 Å². The van der Waals surface area contributed by atoms with Crippen molar-refractivity contribution >= 4 is 20.7 Å². The zero-order chi connectivity index (χ0) is 9.68. The van der Waals surface area contributed by atoms with E-state index in [-0.39, 0.29) is 4.82 Å². The third kappa shape index (κ3) is 3.46. The third-order valence-electron chi connectivity index (χ3n) is 1.59. The normalized spacial score (nSPS) is 9.38. The number of hydrogen-bond acceptors (Lipinski definition) is 2. The minimum atomic E-state index is -0.205. The molecule has 0 saturated heterocycles. The number of benzene rings is 1. The molecule has 0 radical (unpaired) electrons. The Hall–Kier alpha value is -1.03. The lowest BCUT2D eigenvalue weighted by atomic mass is 10.2. The monoisotopic (exact) mass is 243 g/mol. The first-order valence-electron chi connectivity index (χ1n) is 3.78. The number of ether oxygens (including phenoxy) is 1. The van der Waals surface area contributed by atoms with Crippen molar-refractivity contribution in [2.45, 2.75) is 6.54 Å². The summed E-state index contributed by atoms with van der Waals surface area (Å²) in [7, 11) is 1.62. The Kier molecular flexibility index (Phi) is 3.76. The van der Waals surface area contributed by atoms with Gasteiger partial charge < -0.3 is 10.1 Å². The van der Waals surface area contributed by atoms with Gasteiger partial charge in [0.05, 0.1) is 7.11 Å². The Morgan fingerprint density at radius 1 is 1.46 bits per heavy atom. The highest BCUT2D eigenvalue weighted by molar-refractivity contribution is 9.18. The predicted molar refractivity (Wildman–Crippen MR) is 54.2 cm³/mol. The van der Waals surface area contributed by atoms with Gasteiger partial charge in [-0.15, -0.1) is 0 Å². The highest BCUT2D eigenvalue weighted by Crippen LogP contribution is 2.10. The fourth-order valence-corrected chi connectivity index (χ4v) is 1.06. The molecule has 0 atom stereocenters. The summed E-state index contributed by atoms with van der Waals surface area (Å²) in [5.41, 5.74) is 1.04. The van der Waals surface area contributed by atoms with Gasteiger partial charge in [0.15, 0.2) is 0 Å². The molecule has 13 heavy (non-hydrogen) atoms. The summed E-state index contributed by atoms with van der Waals surface area (Å²) in [6.07, 6.45) is 0. The second-order valence-corrected chi connectivity index (χ2v) is 3.20. The highest BCUT2D eigenvalue weighted by atomic mass is 79.9. The third-order valence-corrected chi connectivity index (χ3v) is 1.87. The maximum absolute atomic E-state index is 10.5. The second-order valence-electron chi connectivity index (χ2n) is 2.48. The van der Waals surface area contributed by atoms with Gasteiger partial charge in [-0.05, 0) is 17.7 Å². The van der Waals surface area contributed by atoms with Gasteiger partial charge in [-0.2, -0.15) is 0 Å². The Bertz CT molecular complexity index is 284. The first-order chi connectivity index (χ1) is 6.22. The van der Waals surface area contributed by atoms with Crippen molar-refractivity contribution in [2.75, 3.05) is 7.11 Å². The molecule has 1 aromatic rings. The van der Waals surface area contributed by atoms with Gasteiger partial charge in [-0.3, -0.25) is 4.79 Å². The number of halogens is 1. The number of rotatable bonds is 3. The maximum Gasteiger partial charge on any atom is 0.287 e. The maximum atomic E-state index is 10.5. The summed E-state index contributed by atoms with van der Waals surface area (Å²) in [6, 6.07) is 7.52. The van der Waals surface area contributed by atoms with Gasteiger partial charge in [0.1, 0.15) is 5.75 Å². The molecule has 1 N–H and O–H groups in total. The molecule has 4 heteroatoms. The number of carbonyl (C=O) groups is 1. The van der Waals surface area contributed by atoms with Crippen LogP contribution in [0, 0.1) is 0 Å². The van der Waals surface area contributed by atoms with Crippen LogP contribution in [0.3, 0.4) is 0 Å². The molecule has 70 valence electrons. The molecule has 0 aliphatic heterocycles. The van der Waals surface area contributed by atoms with E-state index in [0.29, 0.717) is 6.54 Å². The van der Waals surface area contributed by atoms with Crippen molar-refractivity contribution in [3.05, 3.63) is 29.8 Å². The van der Waals surface area contributed by atoms with Gasteiger partial charge in [0.25, 0.3) is 4.82 Å². The number of hydrogen-bond donors (Lipinski definition) is 1. The SMILES string of the molecule is COc1ccc(CNC(=O)Br)cc1. The number of carbonyl (C=O) groups excluding carboxylic acids is 1. The molecule has 0 aromatic heterocycles. The van der Waals surface area contributed by atoms with Gasteiger partial charge >= 0.3 is 0 Å². The topological polar surface area (TPSA) is 38.3 Å². The van der Waals surface area contributed by atoms with Crippen LogP contribution in [0.5, 0.6) is 5.75 Å². The van der Waals surface area contributed by atoms with Crippen LogP contribution in [0.25, 0.3) is 0 Å². The summed E-state index contributed by atoms with van der Waals surface area (Å²) in [4.78, 5) is 10.3. The van der Waals surface area contributed by atoms with E-state index in [0.717, 1.165) is 11.3 Å². The van der Waals surface area contributed by atoms with Crippen molar-refractivity contribution in [1.82, 2.24) is 5.32 Å². The van der Waals surface area contributed by atoms with E-state index in [1.807, 2.05) is 24.3 Å². The summed E-state index contributed by atoms with van der Waals surface area (Å²) < 4.78 is 5.00. The Morgan fingerprint density at radius 2 is 2.08 bits per heavy atom. The van der Waals surface area contributed by atoms with Crippen molar-refractivity contribution in [2.24, 2.45) is 0 Å². The lowest BCUT2D eigenvalue weighted by molar-refractivity contribution is 0.261. The molecule has 0 unspecified atom stereocenters. The second kappa shape index (κ2) is 4.87. The molecule has 0 aliphatic carbocycles. The van der Waals surface area contributed by atoms with Gasteiger partial charge in [0, 0.05) is 22.5 Å². The molecule has 3 nitrogen and oxygen atoms in total. The molecule has 1 amide bonds. The van der Waals surface area contributed by atoms with Crippen LogP contribution >= 0.6 is 15.9 Å². The molecule has 0 fully saturated rings. The zero-order valence-electron chi connectivity index (χ0n) is 7.21. The van der Waals surface area contributed by atoms with Gasteiger partial charge in [-0.1, -0.05) is 12.1 Å². The molecular weight excluding hydrogens is 234 g/mol. The van der Waals surface area contributed by atoms with Crippen LogP contribution in [0.4, 0.5) is 4.79 Å². The molecule has 0 saturated carbocycles. The van der Waals surface area contributed by atoms with Crippen molar-refractivity contribution in [1.29, 1.82) is 0 Å². The van der Waals surface area contributed by atoms with E-state index >= 15 is 0 Å². The van der Waals surface area contributed by atoms with Crippen LogP contribution < -0.4 is 10.1 Å². The Balaban J connectivity index is 2.54. The van der Waals surface area contributed by atoms with E-state index < -0.39 is 0 Å². The average molecular weight is 244 g/mol. The van der Waals surface area contributed by atoms with Crippen LogP contribution in [0.1, 0.15) is 5.56 Å².